The maximum Gasteiger partial charge on any atom is 0.352 e. The molecule has 3 nitrogen and oxygen atoms in total. The van der Waals surface area contributed by atoms with Crippen molar-refractivity contribution in [1.82, 2.24) is 4.98 Å². The first-order chi connectivity index (χ1) is 5.61. The summed E-state index contributed by atoms with van der Waals surface area (Å²) in [6.45, 7) is 8.60. The van der Waals surface area contributed by atoms with Crippen molar-refractivity contribution in [1.29, 1.82) is 0 Å². The monoisotopic (exact) mass is 168 g/mol. The maximum absolute atomic E-state index is 10.4. The molecule has 0 unspecified atom stereocenters. The van der Waals surface area contributed by atoms with E-state index in [1.165, 1.54) is 0 Å². The van der Waals surface area contributed by atoms with Crippen LogP contribution < -0.4 is 0 Å². The molecular weight excluding hydrogens is 154 g/mol. The number of carboxylic acids is 1. The molecule has 0 saturated heterocycles. The number of rotatable bonds is 1. The molecule has 0 aliphatic heterocycles. The van der Waals surface area contributed by atoms with E-state index >= 15 is 0 Å². The third kappa shape index (κ3) is 2.42. The zero-order valence-corrected chi connectivity index (χ0v) is 7.64. The molecule has 1 rings (SSSR count). The minimum atomic E-state index is -0.898. The van der Waals surface area contributed by atoms with E-state index in [-0.39, 0.29) is 5.69 Å². The zero-order valence-electron chi connectivity index (χ0n) is 7.64. The number of aryl methyl sites for hydroxylation is 2. The first-order valence-electron chi connectivity index (χ1n) is 3.71. The topological polar surface area (TPSA) is 53.1 Å². The van der Waals surface area contributed by atoms with Gasteiger partial charge in [-0.2, -0.15) is 0 Å². The number of aromatic amines is 1. The average Bonchev–Trinajstić information content (AvgIpc) is 2.34. The summed E-state index contributed by atoms with van der Waals surface area (Å²) in [5.74, 6) is -0.898. The Morgan fingerprint density at radius 2 is 2.00 bits per heavy atom. The van der Waals surface area contributed by atoms with E-state index in [4.69, 9.17) is 5.11 Å². The average molecular weight is 168 g/mol. The third-order valence-corrected chi connectivity index (χ3v) is 1.36. The molecule has 1 aromatic rings. The Kier molecular flexibility index (Phi) is 4.11. The van der Waals surface area contributed by atoms with Crippen molar-refractivity contribution in [3.63, 3.8) is 0 Å². The molecule has 0 saturated carbocycles. The number of hydrogen-bond donors (Lipinski definition) is 2. The molecule has 0 bridgehead atoms. The van der Waals surface area contributed by atoms with Crippen molar-refractivity contribution in [3.8, 4) is 0 Å². The lowest BCUT2D eigenvalue weighted by atomic mass is 10.3. The van der Waals surface area contributed by atoms with Crippen LogP contribution in [-0.4, -0.2) is 16.1 Å². The minimum absolute atomic E-state index is 0.289. The van der Waals surface area contributed by atoms with Crippen molar-refractivity contribution in [2.45, 2.75) is 20.8 Å². The number of H-pyrrole nitrogens is 1. The van der Waals surface area contributed by atoms with Gasteiger partial charge in [-0.3, -0.25) is 0 Å². The highest BCUT2D eigenvalue weighted by Gasteiger charge is 2.07. The van der Waals surface area contributed by atoms with E-state index in [9.17, 15) is 4.79 Å². The van der Waals surface area contributed by atoms with Crippen LogP contribution in [0.3, 0.4) is 0 Å². The van der Waals surface area contributed by atoms with Gasteiger partial charge >= 0.3 is 5.97 Å². The fraction of sp³-hybridized carbons (Fsp3) is 0.333. The number of carbonyl (C=O) groups is 1. The first-order valence-corrected chi connectivity index (χ1v) is 3.71. The highest BCUT2D eigenvalue weighted by molar-refractivity contribution is 5.87. The number of nitrogens with one attached hydrogen (secondary N) is 1. The van der Waals surface area contributed by atoms with Crippen LogP contribution in [-0.2, 0) is 0 Å². The fourth-order valence-corrected chi connectivity index (χ4v) is 0.951. The molecule has 1 radical (unpaired) electrons. The lowest BCUT2D eigenvalue weighted by Gasteiger charge is -1.88. The second-order valence-electron chi connectivity index (χ2n) is 2.32. The van der Waals surface area contributed by atoms with Crippen molar-refractivity contribution in [3.05, 3.63) is 29.9 Å². The standard InChI is InChI=1S/C7H9NO2.C2H5/c1-4-3-5(2)8-6(4)7(9)10;1-2/h3,8H,1-2H3,(H,9,10);1H2,2H3. The Labute approximate surface area is 72.4 Å². The highest BCUT2D eigenvalue weighted by atomic mass is 16.4. The largest absolute Gasteiger partial charge is 0.477 e. The van der Waals surface area contributed by atoms with Gasteiger partial charge in [0.05, 0.1) is 0 Å². The Bertz CT molecular complexity index is 263. The second kappa shape index (κ2) is 4.59. The van der Waals surface area contributed by atoms with Gasteiger partial charge in [0.2, 0.25) is 0 Å². The van der Waals surface area contributed by atoms with E-state index in [1.54, 1.807) is 13.8 Å². The minimum Gasteiger partial charge on any atom is -0.477 e. The van der Waals surface area contributed by atoms with Gasteiger partial charge in [-0.1, -0.05) is 13.8 Å². The first kappa shape index (κ1) is 10.8. The summed E-state index contributed by atoms with van der Waals surface area (Å²) >= 11 is 0. The van der Waals surface area contributed by atoms with E-state index in [1.807, 2.05) is 13.0 Å². The Morgan fingerprint density at radius 3 is 2.17 bits per heavy atom. The zero-order chi connectivity index (χ0) is 9.72. The summed E-state index contributed by atoms with van der Waals surface area (Å²) in [5, 5.41) is 8.55. The Balaban J connectivity index is 0.000000561. The molecular formula is C9H14NO2. The molecule has 12 heavy (non-hydrogen) atoms. The molecule has 1 aromatic heterocycles. The van der Waals surface area contributed by atoms with E-state index in [0.717, 1.165) is 11.3 Å². The summed E-state index contributed by atoms with van der Waals surface area (Å²) in [4.78, 5) is 13.1. The number of hydrogen-bond acceptors (Lipinski definition) is 1. The molecule has 0 atom stereocenters. The van der Waals surface area contributed by atoms with Crippen molar-refractivity contribution in [2.75, 3.05) is 0 Å². The van der Waals surface area contributed by atoms with Crippen LogP contribution in [0.5, 0.6) is 0 Å². The highest BCUT2D eigenvalue weighted by Crippen LogP contribution is 2.07. The van der Waals surface area contributed by atoms with Crippen molar-refractivity contribution >= 4 is 5.97 Å². The van der Waals surface area contributed by atoms with Gasteiger partial charge < -0.3 is 10.1 Å². The molecule has 3 heteroatoms. The maximum atomic E-state index is 10.4. The van der Waals surface area contributed by atoms with Gasteiger partial charge in [0.25, 0.3) is 0 Å². The van der Waals surface area contributed by atoms with Crippen LogP contribution in [0.1, 0.15) is 28.7 Å². The SMILES string of the molecule is Cc1cc(C)c(C(=O)O)[nH]1.[CH2]C. The number of aromatic nitrogens is 1. The lowest BCUT2D eigenvalue weighted by Crippen LogP contribution is -1.98. The van der Waals surface area contributed by atoms with Gasteiger partial charge in [-0.25, -0.2) is 4.79 Å². The van der Waals surface area contributed by atoms with Crippen LogP contribution in [0.4, 0.5) is 0 Å². The van der Waals surface area contributed by atoms with Crippen molar-refractivity contribution in [2.24, 2.45) is 0 Å². The molecule has 0 amide bonds. The predicted molar refractivity (Wildman–Crippen MR) is 48.3 cm³/mol. The van der Waals surface area contributed by atoms with Gasteiger partial charge in [-0.15, -0.1) is 0 Å². The van der Waals surface area contributed by atoms with Crippen LogP contribution in [0.2, 0.25) is 0 Å². The van der Waals surface area contributed by atoms with E-state index in [0.29, 0.717) is 0 Å². The molecule has 67 valence electrons. The Hall–Kier alpha value is -1.25. The molecule has 0 aliphatic carbocycles. The molecule has 1 heterocycles. The normalized spacial score (nSPS) is 8.67. The molecule has 0 fully saturated rings. The van der Waals surface area contributed by atoms with Crippen LogP contribution >= 0.6 is 0 Å². The summed E-state index contributed by atoms with van der Waals surface area (Å²) in [7, 11) is 0. The van der Waals surface area contributed by atoms with Gasteiger partial charge in [0.1, 0.15) is 5.69 Å². The summed E-state index contributed by atoms with van der Waals surface area (Å²) in [6, 6.07) is 1.81. The Morgan fingerprint density at radius 1 is 1.50 bits per heavy atom. The number of carboxylic acid groups (broad SMARTS) is 1. The second-order valence-corrected chi connectivity index (χ2v) is 2.32. The quantitative estimate of drug-likeness (QED) is 0.675. The van der Waals surface area contributed by atoms with E-state index in [2.05, 4.69) is 11.9 Å². The molecule has 0 aromatic carbocycles. The third-order valence-electron chi connectivity index (χ3n) is 1.36. The van der Waals surface area contributed by atoms with Crippen LogP contribution in [0.15, 0.2) is 6.07 Å². The van der Waals surface area contributed by atoms with Crippen LogP contribution in [0, 0.1) is 20.8 Å². The van der Waals surface area contributed by atoms with Gasteiger partial charge in [-0.05, 0) is 25.5 Å². The van der Waals surface area contributed by atoms with Gasteiger partial charge in [0.15, 0.2) is 0 Å². The molecule has 0 spiro atoms. The summed E-state index contributed by atoms with van der Waals surface area (Å²) in [5.41, 5.74) is 1.96. The predicted octanol–water partition coefficient (Wildman–Crippen LogP) is 2.17. The molecule has 2 N–H and O–H groups in total. The molecule has 0 aliphatic rings. The van der Waals surface area contributed by atoms with Crippen LogP contribution in [0.25, 0.3) is 0 Å². The van der Waals surface area contributed by atoms with Crippen molar-refractivity contribution < 1.29 is 9.90 Å². The smallest absolute Gasteiger partial charge is 0.352 e. The number of aromatic carboxylic acids is 1. The lowest BCUT2D eigenvalue weighted by molar-refractivity contribution is 0.0690. The summed E-state index contributed by atoms with van der Waals surface area (Å²) < 4.78 is 0. The fourth-order valence-electron chi connectivity index (χ4n) is 0.951. The summed E-state index contributed by atoms with van der Waals surface area (Å²) in [6.07, 6.45) is 0. The van der Waals surface area contributed by atoms with E-state index < -0.39 is 5.97 Å². The van der Waals surface area contributed by atoms with Gasteiger partial charge in [0, 0.05) is 5.69 Å².